The van der Waals surface area contributed by atoms with Gasteiger partial charge < -0.3 is 5.73 Å². The standard InChI is InChI=1S/C16H20N2/c1-4-16(2,3)13-10-8-12(9-11-13)14-6-5-7-15(17)18-14/h5-11H,4H2,1-3H3,(H2,17,18). The van der Waals surface area contributed by atoms with Crippen molar-refractivity contribution in [2.75, 3.05) is 5.73 Å². The molecule has 0 amide bonds. The van der Waals surface area contributed by atoms with Gasteiger partial charge in [0, 0.05) is 5.56 Å². The lowest BCUT2D eigenvalue weighted by molar-refractivity contribution is 0.506. The van der Waals surface area contributed by atoms with Gasteiger partial charge in [0.25, 0.3) is 0 Å². The molecule has 1 heterocycles. The first-order valence-electron chi connectivity index (χ1n) is 6.36. The molecule has 0 aliphatic heterocycles. The van der Waals surface area contributed by atoms with E-state index >= 15 is 0 Å². The van der Waals surface area contributed by atoms with Crippen molar-refractivity contribution < 1.29 is 0 Å². The number of nitrogen functional groups attached to an aromatic ring is 1. The number of hydrogen-bond donors (Lipinski definition) is 1. The minimum Gasteiger partial charge on any atom is -0.384 e. The fourth-order valence-corrected chi connectivity index (χ4v) is 1.91. The van der Waals surface area contributed by atoms with E-state index in [2.05, 4.69) is 50.0 Å². The van der Waals surface area contributed by atoms with Crippen molar-refractivity contribution in [3.63, 3.8) is 0 Å². The lowest BCUT2D eigenvalue weighted by Gasteiger charge is -2.23. The molecule has 0 aliphatic carbocycles. The number of benzene rings is 1. The van der Waals surface area contributed by atoms with Crippen molar-refractivity contribution in [2.24, 2.45) is 0 Å². The number of aromatic nitrogens is 1. The van der Waals surface area contributed by atoms with E-state index in [1.807, 2.05) is 12.1 Å². The molecular weight excluding hydrogens is 220 g/mol. The molecule has 1 aromatic carbocycles. The normalized spacial score (nSPS) is 11.5. The van der Waals surface area contributed by atoms with E-state index in [1.54, 1.807) is 6.07 Å². The second-order valence-electron chi connectivity index (χ2n) is 5.26. The number of nitrogens with zero attached hydrogens (tertiary/aromatic N) is 1. The maximum atomic E-state index is 5.71. The number of pyridine rings is 1. The average molecular weight is 240 g/mol. The molecule has 0 spiro atoms. The topological polar surface area (TPSA) is 38.9 Å². The van der Waals surface area contributed by atoms with Crippen molar-refractivity contribution in [1.82, 2.24) is 4.98 Å². The Labute approximate surface area is 109 Å². The van der Waals surface area contributed by atoms with Gasteiger partial charge in [0.2, 0.25) is 0 Å². The van der Waals surface area contributed by atoms with Crippen LogP contribution in [0.25, 0.3) is 11.3 Å². The van der Waals surface area contributed by atoms with Gasteiger partial charge in [-0.25, -0.2) is 4.98 Å². The molecular formula is C16H20N2. The van der Waals surface area contributed by atoms with Crippen molar-refractivity contribution in [3.8, 4) is 11.3 Å². The van der Waals surface area contributed by atoms with Crippen LogP contribution in [0.1, 0.15) is 32.8 Å². The summed E-state index contributed by atoms with van der Waals surface area (Å²) in [6.07, 6.45) is 1.13. The molecule has 2 aromatic rings. The summed E-state index contributed by atoms with van der Waals surface area (Å²) in [5.74, 6) is 0.561. The van der Waals surface area contributed by atoms with Crippen LogP contribution in [0.15, 0.2) is 42.5 Å². The minimum atomic E-state index is 0.224. The van der Waals surface area contributed by atoms with Crippen LogP contribution in [-0.2, 0) is 5.41 Å². The highest BCUT2D eigenvalue weighted by Crippen LogP contribution is 2.28. The monoisotopic (exact) mass is 240 g/mol. The Bertz CT molecular complexity index is 527. The number of nitrogens with two attached hydrogens (primary N) is 1. The van der Waals surface area contributed by atoms with Gasteiger partial charge in [-0.2, -0.15) is 0 Å². The van der Waals surface area contributed by atoms with Gasteiger partial charge in [-0.05, 0) is 29.5 Å². The highest BCUT2D eigenvalue weighted by Gasteiger charge is 2.17. The summed E-state index contributed by atoms with van der Waals surface area (Å²) in [5, 5.41) is 0. The number of anilines is 1. The summed E-state index contributed by atoms with van der Waals surface area (Å²) >= 11 is 0. The van der Waals surface area contributed by atoms with E-state index in [-0.39, 0.29) is 5.41 Å². The van der Waals surface area contributed by atoms with Gasteiger partial charge >= 0.3 is 0 Å². The molecule has 2 N–H and O–H groups in total. The highest BCUT2D eigenvalue weighted by molar-refractivity contribution is 5.61. The van der Waals surface area contributed by atoms with Crippen LogP contribution in [-0.4, -0.2) is 4.98 Å². The molecule has 0 saturated heterocycles. The van der Waals surface area contributed by atoms with Crippen molar-refractivity contribution in [3.05, 3.63) is 48.0 Å². The maximum Gasteiger partial charge on any atom is 0.124 e. The van der Waals surface area contributed by atoms with E-state index in [9.17, 15) is 0 Å². The average Bonchev–Trinajstić information content (AvgIpc) is 2.39. The third kappa shape index (κ3) is 2.53. The smallest absolute Gasteiger partial charge is 0.124 e. The summed E-state index contributed by atoms with van der Waals surface area (Å²) in [4.78, 5) is 4.33. The molecule has 0 bridgehead atoms. The second-order valence-corrected chi connectivity index (χ2v) is 5.26. The predicted octanol–water partition coefficient (Wildman–Crippen LogP) is 4.02. The second kappa shape index (κ2) is 4.81. The summed E-state index contributed by atoms with van der Waals surface area (Å²) in [6.45, 7) is 6.74. The Kier molecular flexibility index (Phi) is 3.37. The van der Waals surface area contributed by atoms with E-state index in [4.69, 9.17) is 5.73 Å². The lowest BCUT2D eigenvalue weighted by atomic mass is 9.82. The van der Waals surface area contributed by atoms with E-state index in [0.717, 1.165) is 17.7 Å². The van der Waals surface area contributed by atoms with Crippen molar-refractivity contribution in [2.45, 2.75) is 32.6 Å². The molecule has 0 fully saturated rings. The maximum absolute atomic E-state index is 5.71. The van der Waals surface area contributed by atoms with E-state index < -0.39 is 0 Å². The van der Waals surface area contributed by atoms with E-state index in [0.29, 0.717) is 5.82 Å². The zero-order valence-corrected chi connectivity index (χ0v) is 11.3. The largest absolute Gasteiger partial charge is 0.384 e. The van der Waals surface area contributed by atoms with E-state index in [1.165, 1.54) is 5.56 Å². The Hall–Kier alpha value is -1.83. The first-order valence-corrected chi connectivity index (χ1v) is 6.36. The van der Waals surface area contributed by atoms with Gasteiger partial charge in [-0.15, -0.1) is 0 Å². The Morgan fingerprint density at radius 1 is 1.06 bits per heavy atom. The summed E-state index contributed by atoms with van der Waals surface area (Å²) in [7, 11) is 0. The fourth-order valence-electron chi connectivity index (χ4n) is 1.91. The van der Waals surface area contributed by atoms with Crippen molar-refractivity contribution >= 4 is 5.82 Å². The fraction of sp³-hybridized carbons (Fsp3) is 0.312. The molecule has 0 atom stereocenters. The minimum absolute atomic E-state index is 0.224. The zero-order valence-electron chi connectivity index (χ0n) is 11.3. The van der Waals surface area contributed by atoms with Crippen LogP contribution in [0.5, 0.6) is 0 Å². The number of hydrogen-bond acceptors (Lipinski definition) is 2. The van der Waals surface area contributed by atoms with Crippen LogP contribution in [0.2, 0.25) is 0 Å². The Morgan fingerprint density at radius 3 is 2.28 bits per heavy atom. The molecule has 18 heavy (non-hydrogen) atoms. The Balaban J connectivity index is 2.33. The summed E-state index contributed by atoms with van der Waals surface area (Å²) < 4.78 is 0. The third-order valence-corrected chi connectivity index (χ3v) is 3.62. The van der Waals surface area contributed by atoms with Gasteiger partial charge in [0.05, 0.1) is 5.69 Å². The van der Waals surface area contributed by atoms with Gasteiger partial charge in [0.1, 0.15) is 5.82 Å². The molecule has 2 rings (SSSR count). The van der Waals surface area contributed by atoms with Gasteiger partial charge in [-0.3, -0.25) is 0 Å². The van der Waals surface area contributed by atoms with Crippen LogP contribution in [0, 0.1) is 0 Å². The molecule has 2 nitrogen and oxygen atoms in total. The molecule has 0 aliphatic rings. The SMILES string of the molecule is CCC(C)(C)c1ccc(-c2cccc(N)n2)cc1. The lowest BCUT2D eigenvalue weighted by Crippen LogP contribution is -2.14. The molecule has 2 heteroatoms. The quantitative estimate of drug-likeness (QED) is 0.880. The van der Waals surface area contributed by atoms with Crippen LogP contribution < -0.4 is 5.73 Å². The third-order valence-electron chi connectivity index (χ3n) is 3.62. The molecule has 1 aromatic heterocycles. The highest BCUT2D eigenvalue weighted by atomic mass is 14.8. The van der Waals surface area contributed by atoms with Crippen LogP contribution >= 0.6 is 0 Å². The zero-order chi connectivity index (χ0) is 13.2. The summed E-state index contributed by atoms with van der Waals surface area (Å²) in [6, 6.07) is 14.3. The van der Waals surface area contributed by atoms with Crippen molar-refractivity contribution in [1.29, 1.82) is 0 Å². The number of rotatable bonds is 3. The summed E-state index contributed by atoms with van der Waals surface area (Å²) in [5.41, 5.74) is 9.32. The molecule has 0 unspecified atom stereocenters. The first kappa shape index (κ1) is 12.6. The molecule has 94 valence electrons. The molecule has 0 radical (unpaired) electrons. The van der Waals surface area contributed by atoms with Crippen LogP contribution in [0.4, 0.5) is 5.82 Å². The predicted molar refractivity (Wildman–Crippen MR) is 77.4 cm³/mol. The Morgan fingerprint density at radius 2 is 1.72 bits per heavy atom. The molecule has 0 saturated carbocycles. The first-order chi connectivity index (χ1) is 8.53. The van der Waals surface area contributed by atoms with Gasteiger partial charge in [-0.1, -0.05) is 51.1 Å². The van der Waals surface area contributed by atoms with Gasteiger partial charge in [0.15, 0.2) is 0 Å². The van der Waals surface area contributed by atoms with Crippen LogP contribution in [0.3, 0.4) is 0 Å².